The number of hydrogen-bond donors (Lipinski definition) is 0. The summed E-state index contributed by atoms with van der Waals surface area (Å²) in [6.07, 6.45) is 0.678. The van der Waals surface area contributed by atoms with Gasteiger partial charge in [-0.2, -0.15) is 4.37 Å². The minimum atomic E-state index is -0.412. The molecule has 0 aliphatic heterocycles. The van der Waals surface area contributed by atoms with E-state index in [-0.39, 0.29) is 0 Å². The molecule has 5 nitrogen and oxygen atoms in total. The van der Waals surface area contributed by atoms with Gasteiger partial charge in [0.2, 0.25) is 0 Å². The molecule has 0 spiro atoms. The van der Waals surface area contributed by atoms with Crippen LogP contribution in [0.5, 0.6) is 0 Å². The molecule has 6 heteroatoms. The average molecular weight is 264 g/mol. The van der Waals surface area contributed by atoms with Gasteiger partial charge in [-0.1, -0.05) is 0 Å². The van der Waals surface area contributed by atoms with E-state index in [4.69, 9.17) is 4.74 Å². The molecule has 0 saturated heterocycles. The molecule has 0 fully saturated rings. The second kappa shape index (κ2) is 4.81. The summed E-state index contributed by atoms with van der Waals surface area (Å²) in [6.45, 7) is 5.58. The van der Waals surface area contributed by atoms with Gasteiger partial charge in [0.25, 0.3) is 0 Å². The number of esters is 1. The number of fused-ring (bicyclic) bond motifs is 1. The molecular formula is C12H12N2O3S. The van der Waals surface area contributed by atoms with Crippen LogP contribution in [0.3, 0.4) is 0 Å². The van der Waals surface area contributed by atoms with Crippen molar-refractivity contribution in [3.8, 4) is 0 Å². The van der Waals surface area contributed by atoms with Gasteiger partial charge in [-0.3, -0.25) is 4.79 Å². The number of aromatic nitrogens is 2. The first-order chi connectivity index (χ1) is 8.60. The van der Waals surface area contributed by atoms with Crippen molar-refractivity contribution in [1.82, 2.24) is 9.36 Å². The highest BCUT2D eigenvalue weighted by Crippen LogP contribution is 2.28. The standard InChI is InChI=1S/C12H12N2O3S/c1-4-17-12(16)9-6(2)10-8(5-15)14-18-11(10)13-7(9)3/h5H,4H2,1-3H3. The van der Waals surface area contributed by atoms with Gasteiger partial charge in [0.05, 0.1) is 17.9 Å². The Bertz CT molecular complexity index is 634. The van der Waals surface area contributed by atoms with Gasteiger partial charge in [-0.05, 0) is 37.9 Å². The van der Waals surface area contributed by atoms with Crippen molar-refractivity contribution in [1.29, 1.82) is 0 Å². The number of aldehydes is 1. The minimum absolute atomic E-state index is 0.304. The van der Waals surface area contributed by atoms with E-state index in [0.717, 1.165) is 11.5 Å². The first-order valence-corrected chi connectivity index (χ1v) is 6.26. The Morgan fingerprint density at radius 2 is 2.17 bits per heavy atom. The lowest BCUT2D eigenvalue weighted by molar-refractivity contribution is 0.0524. The van der Waals surface area contributed by atoms with Crippen molar-refractivity contribution in [2.24, 2.45) is 0 Å². The van der Waals surface area contributed by atoms with Crippen molar-refractivity contribution in [3.63, 3.8) is 0 Å². The maximum atomic E-state index is 11.9. The first-order valence-electron chi connectivity index (χ1n) is 5.49. The van der Waals surface area contributed by atoms with E-state index in [1.54, 1.807) is 20.8 Å². The fraction of sp³-hybridized carbons (Fsp3) is 0.333. The third-order valence-electron chi connectivity index (χ3n) is 2.67. The highest BCUT2D eigenvalue weighted by Gasteiger charge is 2.20. The molecule has 2 rings (SSSR count). The van der Waals surface area contributed by atoms with Crippen LogP contribution in [-0.2, 0) is 4.74 Å². The molecule has 2 heterocycles. The van der Waals surface area contributed by atoms with E-state index in [0.29, 0.717) is 45.6 Å². The maximum Gasteiger partial charge on any atom is 0.340 e. The van der Waals surface area contributed by atoms with E-state index in [2.05, 4.69) is 9.36 Å². The monoisotopic (exact) mass is 264 g/mol. The van der Waals surface area contributed by atoms with E-state index in [9.17, 15) is 9.59 Å². The number of nitrogens with zero attached hydrogens (tertiary/aromatic N) is 2. The van der Waals surface area contributed by atoms with Crippen LogP contribution < -0.4 is 0 Å². The molecule has 18 heavy (non-hydrogen) atoms. The molecule has 0 amide bonds. The van der Waals surface area contributed by atoms with Crippen LogP contribution in [0.4, 0.5) is 0 Å². The number of rotatable bonds is 3. The van der Waals surface area contributed by atoms with Crippen molar-refractivity contribution in [3.05, 3.63) is 22.5 Å². The van der Waals surface area contributed by atoms with Gasteiger partial charge >= 0.3 is 5.97 Å². The molecule has 2 aromatic heterocycles. The van der Waals surface area contributed by atoms with E-state index >= 15 is 0 Å². The summed E-state index contributed by atoms with van der Waals surface area (Å²) in [7, 11) is 0. The summed E-state index contributed by atoms with van der Waals surface area (Å²) < 4.78 is 9.03. The SMILES string of the molecule is CCOC(=O)c1c(C)nc2snc(C=O)c2c1C. The van der Waals surface area contributed by atoms with Gasteiger partial charge < -0.3 is 4.74 Å². The summed E-state index contributed by atoms with van der Waals surface area (Å²) in [5, 5.41) is 0.642. The fourth-order valence-corrected chi connectivity index (χ4v) is 2.76. The number of aryl methyl sites for hydroxylation is 2. The third-order valence-corrected chi connectivity index (χ3v) is 3.43. The Morgan fingerprint density at radius 1 is 1.44 bits per heavy atom. The molecule has 0 unspecified atom stereocenters. The van der Waals surface area contributed by atoms with Gasteiger partial charge in [0.15, 0.2) is 6.29 Å². The topological polar surface area (TPSA) is 69.2 Å². The highest BCUT2D eigenvalue weighted by molar-refractivity contribution is 7.13. The third kappa shape index (κ3) is 1.88. The van der Waals surface area contributed by atoms with E-state index < -0.39 is 5.97 Å². The van der Waals surface area contributed by atoms with Crippen molar-refractivity contribution in [2.45, 2.75) is 20.8 Å². The smallest absolute Gasteiger partial charge is 0.340 e. The Labute approximate surface area is 108 Å². The van der Waals surface area contributed by atoms with E-state index in [1.165, 1.54) is 0 Å². The van der Waals surface area contributed by atoms with Gasteiger partial charge in [-0.15, -0.1) is 0 Å². The molecule has 0 saturated carbocycles. The van der Waals surface area contributed by atoms with Crippen molar-refractivity contribution < 1.29 is 14.3 Å². The zero-order valence-electron chi connectivity index (χ0n) is 10.3. The molecular weight excluding hydrogens is 252 g/mol. The number of ether oxygens (including phenoxy) is 1. The average Bonchev–Trinajstić information content (AvgIpc) is 2.72. The Kier molecular flexibility index (Phi) is 3.38. The van der Waals surface area contributed by atoms with Crippen LogP contribution >= 0.6 is 11.5 Å². The van der Waals surface area contributed by atoms with Gasteiger partial charge in [0.1, 0.15) is 10.5 Å². The number of carbonyl (C=O) groups is 2. The molecule has 94 valence electrons. The Hall–Kier alpha value is -1.82. The minimum Gasteiger partial charge on any atom is -0.462 e. The molecule has 0 bridgehead atoms. The molecule has 0 aliphatic carbocycles. The summed E-state index contributed by atoms with van der Waals surface area (Å²) in [5.41, 5.74) is 2.05. The van der Waals surface area contributed by atoms with Crippen LogP contribution in [0.1, 0.15) is 39.0 Å². The summed E-state index contributed by atoms with van der Waals surface area (Å²) >= 11 is 1.16. The highest BCUT2D eigenvalue weighted by atomic mass is 32.1. The number of pyridine rings is 1. The first kappa shape index (κ1) is 12.6. The molecule has 0 N–H and O–H groups in total. The quantitative estimate of drug-likeness (QED) is 0.628. The lowest BCUT2D eigenvalue weighted by Gasteiger charge is -2.09. The van der Waals surface area contributed by atoms with Crippen LogP contribution in [0.25, 0.3) is 10.2 Å². The summed E-state index contributed by atoms with van der Waals surface area (Å²) in [6, 6.07) is 0. The Morgan fingerprint density at radius 3 is 2.78 bits per heavy atom. The predicted molar refractivity (Wildman–Crippen MR) is 68.2 cm³/mol. The summed E-state index contributed by atoms with van der Waals surface area (Å²) in [5.74, 6) is -0.412. The van der Waals surface area contributed by atoms with Crippen LogP contribution in [0, 0.1) is 13.8 Å². The Balaban J connectivity index is 2.73. The second-order valence-electron chi connectivity index (χ2n) is 3.78. The molecule has 0 radical (unpaired) electrons. The van der Waals surface area contributed by atoms with Crippen molar-refractivity contribution >= 4 is 34.0 Å². The molecule has 2 aromatic rings. The largest absolute Gasteiger partial charge is 0.462 e. The molecule has 0 atom stereocenters. The zero-order valence-corrected chi connectivity index (χ0v) is 11.1. The normalized spacial score (nSPS) is 10.6. The molecule has 0 aromatic carbocycles. The van der Waals surface area contributed by atoms with E-state index in [1.807, 2.05) is 0 Å². The van der Waals surface area contributed by atoms with Crippen LogP contribution in [-0.4, -0.2) is 28.2 Å². The maximum absolute atomic E-state index is 11.9. The number of carbonyl (C=O) groups excluding carboxylic acids is 2. The van der Waals surface area contributed by atoms with Crippen LogP contribution in [0.2, 0.25) is 0 Å². The fourth-order valence-electron chi connectivity index (χ4n) is 1.91. The van der Waals surface area contributed by atoms with Crippen molar-refractivity contribution in [2.75, 3.05) is 6.61 Å². The predicted octanol–water partition coefficient (Wildman–Crippen LogP) is 2.30. The lowest BCUT2D eigenvalue weighted by Crippen LogP contribution is -2.10. The van der Waals surface area contributed by atoms with Gasteiger partial charge in [-0.25, -0.2) is 9.78 Å². The van der Waals surface area contributed by atoms with Crippen LogP contribution in [0.15, 0.2) is 0 Å². The summed E-state index contributed by atoms with van der Waals surface area (Å²) in [4.78, 5) is 27.8. The van der Waals surface area contributed by atoms with Gasteiger partial charge in [0, 0.05) is 5.39 Å². The lowest BCUT2D eigenvalue weighted by atomic mass is 10.0. The molecule has 0 aliphatic rings. The zero-order chi connectivity index (χ0) is 13.3. The number of hydrogen-bond acceptors (Lipinski definition) is 6. The second-order valence-corrected chi connectivity index (χ2v) is 4.54.